The van der Waals surface area contributed by atoms with Gasteiger partial charge >= 0.3 is 5.97 Å². The van der Waals surface area contributed by atoms with Crippen molar-refractivity contribution in [3.05, 3.63) is 83.6 Å². The summed E-state index contributed by atoms with van der Waals surface area (Å²) in [6, 6.07) is 11.2. The van der Waals surface area contributed by atoms with Gasteiger partial charge in [-0.05, 0) is 108 Å². The summed E-state index contributed by atoms with van der Waals surface area (Å²) < 4.78 is 76.3. The highest BCUT2D eigenvalue weighted by Crippen LogP contribution is 2.52. The number of hydrogen-bond acceptors (Lipinski definition) is 16. The number of allylic oxidation sites excluding steroid dienone is 4. The van der Waals surface area contributed by atoms with Crippen LogP contribution in [0.1, 0.15) is 122 Å². The number of benzene rings is 2. The van der Waals surface area contributed by atoms with Crippen LogP contribution >= 0.6 is 12.0 Å². The first-order chi connectivity index (χ1) is 35.5. The second-order valence-corrected chi connectivity index (χ2v) is 23.2. The first kappa shape index (κ1) is 58.5. The van der Waals surface area contributed by atoms with Crippen LogP contribution in [0.2, 0.25) is 0 Å². The zero-order chi connectivity index (χ0) is 54.6. The Labute approximate surface area is 440 Å². The van der Waals surface area contributed by atoms with E-state index in [1.807, 2.05) is 48.3 Å². The van der Waals surface area contributed by atoms with Gasteiger partial charge in [-0.2, -0.15) is 21.4 Å². The number of hydrogen-bond donors (Lipinski definition) is 8. The molecule has 8 N–H and O–H groups in total. The number of carbonyl (C=O) groups is 4. The van der Waals surface area contributed by atoms with Crippen molar-refractivity contribution in [2.24, 2.45) is 0 Å². The van der Waals surface area contributed by atoms with Crippen LogP contribution in [0.3, 0.4) is 0 Å². The molecule has 3 aliphatic heterocycles. The van der Waals surface area contributed by atoms with Crippen LogP contribution in [0.5, 0.6) is 11.8 Å². The molecule has 6 rings (SSSR count). The molecule has 4 heterocycles. The Bertz CT molecular complexity index is 2880. The van der Waals surface area contributed by atoms with Gasteiger partial charge in [0, 0.05) is 96.9 Å². The SMILES string of the molecule is CC1(C)C2=[N+](CCCCCC(=O)NCC(C(=O)NCCCCCC(=O)On3c(O)ccc3O)NC(=O)CCCCCC3(C)C(=CC=C2)N(CCCS(=O)(=O)O)c2ccc(S(=O)(=O)O)cc23)c2ccc(SOOO)cc21. The topological polar surface area (TPSA) is 313 Å². The number of unbranched alkanes of at least 4 members (excludes halogenated alkanes) is 2. The highest BCUT2D eigenvalue weighted by molar-refractivity contribution is 7.94. The summed E-state index contributed by atoms with van der Waals surface area (Å²) in [5.74, 6) is -3.31. The van der Waals surface area contributed by atoms with Crippen LogP contribution < -0.4 is 25.7 Å². The highest BCUT2D eigenvalue weighted by Gasteiger charge is 2.46. The zero-order valence-corrected chi connectivity index (χ0v) is 44.6. The van der Waals surface area contributed by atoms with Crippen molar-refractivity contribution in [3.63, 3.8) is 0 Å². The number of carbonyl (C=O) groups excluding carboxylic acids is 4. The van der Waals surface area contributed by atoms with Crippen LogP contribution in [0, 0.1) is 0 Å². The summed E-state index contributed by atoms with van der Waals surface area (Å²) in [6.07, 6.45) is 11.1. The van der Waals surface area contributed by atoms with Crippen LogP contribution in [0.15, 0.2) is 82.2 Å². The van der Waals surface area contributed by atoms with Gasteiger partial charge in [-0.1, -0.05) is 30.4 Å². The van der Waals surface area contributed by atoms with E-state index < -0.39 is 72.4 Å². The summed E-state index contributed by atoms with van der Waals surface area (Å²) in [5, 5.41) is 40.5. The molecule has 0 radical (unpaired) electrons. The molecule has 3 aromatic rings. The molecule has 0 saturated carbocycles. The second-order valence-electron chi connectivity index (χ2n) is 19.5. The van der Waals surface area contributed by atoms with E-state index in [4.69, 9.17) is 14.4 Å². The van der Waals surface area contributed by atoms with Gasteiger partial charge in [0.25, 0.3) is 20.2 Å². The highest BCUT2D eigenvalue weighted by atomic mass is 32.2. The molecule has 22 nitrogen and oxygen atoms in total. The van der Waals surface area contributed by atoms with Gasteiger partial charge in [-0.25, -0.2) is 10.1 Å². The van der Waals surface area contributed by atoms with Crippen LogP contribution in [0.25, 0.3) is 0 Å². The molecular weight excluding hydrogens is 1040 g/mol. The third kappa shape index (κ3) is 15.4. The first-order valence-electron chi connectivity index (χ1n) is 24.9. The van der Waals surface area contributed by atoms with E-state index >= 15 is 0 Å². The summed E-state index contributed by atoms with van der Waals surface area (Å²) in [4.78, 5) is 59.6. The summed E-state index contributed by atoms with van der Waals surface area (Å²) in [5.41, 5.74) is 3.19. The van der Waals surface area contributed by atoms with Crippen LogP contribution in [0.4, 0.5) is 11.4 Å². The Morgan fingerprint density at radius 3 is 2.29 bits per heavy atom. The average Bonchev–Trinajstić information content (AvgIpc) is 3.87. The number of aromatic nitrogens is 1. The van der Waals surface area contributed by atoms with Gasteiger partial charge in [-0.15, -0.1) is 9.06 Å². The predicted octanol–water partition coefficient (Wildman–Crippen LogP) is 5.90. The average molecular weight is 1100 g/mol. The molecule has 3 aliphatic rings. The van der Waals surface area contributed by atoms with Gasteiger partial charge in [0.2, 0.25) is 35.2 Å². The van der Waals surface area contributed by atoms with Crippen molar-refractivity contribution >= 4 is 73.1 Å². The molecule has 410 valence electrons. The van der Waals surface area contributed by atoms with Crippen molar-refractivity contribution in [3.8, 4) is 11.8 Å². The minimum absolute atomic E-state index is 0.0200. The Morgan fingerprint density at radius 1 is 0.867 bits per heavy atom. The Kier molecular flexibility index (Phi) is 20.1. The lowest BCUT2D eigenvalue weighted by Gasteiger charge is -2.30. The summed E-state index contributed by atoms with van der Waals surface area (Å²) >= 11 is 0.839. The quantitative estimate of drug-likeness (QED) is 0.0207. The fraction of sp³-hybridized carbons (Fsp3) is 0.500. The normalized spacial score (nSPS) is 20.0. The number of aromatic hydroxyl groups is 2. The van der Waals surface area contributed by atoms with E-state index in [2.05, 4.69) is 39.4 Å². The number of amides is 3. The maximum atomic E-state index is 13.5. The van der Waals surface area contributed by atoms with Crippen molar-refractivity contribution in [1.82, 2.24) is 20.7 Å². The third-order valence-corrected chi connectivity index (χ3v) is 15.9. The minimum atomic E-state index is -4.64. The second kappa shape index (κ2) is 25.8. The maximum Gasteiger partial charge on any atom is 0.333 e. The molecule has 2 aromatic carbocycles. The molecule has 3 amide bonds. The van der Waals surface area contributed by atoms with E-state index in [1.54, 1.807) is 6.07 Å². The number of rotatable bonds is 16. The minimum Gasteiger partial charge on any atom is -0.492 e. The van der Waals surface area contributed by atoms with Crippen LogP contribution in [-0.4, -0.2) is 118 Å². The lowest BCUT2D eigenvalue weighted by atomic mass is 9.77. The van der Waals surface area contributed by atoms with Crippen molar-refractivity contribution in [1.29, 1.82) is 0 Å². The predicted molar refractivity (Wildman–Crippen MR) is 276 cm³/mol. The zero-order valence-electron chi connectivity index (χ0n) is 42.2. The van der Waals surface area contributed by atoms with Gasteiger partial charge in [-0.3, -0.25) is 23.5 Å². The van der Waals surface area contributed by atoms with E-state index in [0.717, 1.165) is 29.0 Å². The number of nitrogens with one attached hydrogen (secondary N) is 3. The molecule has 2 atom stereocenters. The molecule has 2 unspecified atom stereocenters. The van der Waals surface area contributed by atoms with E-state index in [0.29, 0.717) is 97.3 Å². The standard InChI is InChI=1S/C50H66N6O16S3/c1-49(2)36-31-34(73-72-71-63)20-22-39(36)54-28-12-6-8-17-43(57)52-33-38(48(62)51-27-11-5-9-19-47(61)70-56-45(59)24-25-46(56)60)53-44(58)18-7-4-10-26-50(3)37-32-35(75(67,68)69)21-23-40(37)55(29-14-30-74(64,65)66)42(50)16-13-15-41(49)54/h13,15-16,20-25,31-32,38H,4-12,14,17-19,26-30,33H2,1-3H3,(H7-,51,52,53,57,58,59,60,62,63,64,65,66,67,68,69)/p+1. The Hall–Kier alpha value is -5.80. The molecule has 75 heavy (non-hydrogen) atoms. The maximum absolute atomic E-state index is 13.5. The van der Waals surface area contributed by atoms with Crippen LogP contribution in [-0.2, 0) is 59.6 Å². The lowest BCUT2D eigenvalue weighted by molar-refractivity contribution is -0.438. The lowest BCUT2D eigenvalue weighted by Crippen LogP contribution is -2.52. The third-order valence-electron chi connectivity index (χ3n) is 13.7. The Morgan fingerprint density at radius 2 is 1.59 bits per heavy atom. The van der Waals surface area contributed by atoms with E-state index in [9.17, 15) is 55.3 Å². The van der Waals surface area contributed by atoms with E-state index in [-0.39, 0.29) is 56.1 Å². The molecule has 25 heteroatoms. The summed E-state index contributed by atoms with van der Waals surface area (Å²) in [6.45, 7) is 6.82. The largest absolute Gasteiger partial charge is 0.492 e. The molecule has 1 aromatic heterocycles. The number of anilines is 1. The summed E-state index contributed by atoms with van der Waals surface area (Å²) in [7, 11) is -8.97. The van der Waals surface area contributed by atoms with Gasteiger partial charge in [0.1, 0.15) is 12.6 Å². The van der Waals surface area contributed by atoms with Crippen molar-refractivity contribution in [2.45, 2.75) is 137 Å². The molecule has 0 bridgehead atoms. The Balaban J connectivity index is 1.25. The van der Waals surface area contributed by atoms with E-state index in [1.165, 1.54) is 24.3 Å². The van der Waals surface area contributed by atoms with Crippen molar-refractivity contribution < 1.29 is 79.4 Å². The van der Waals surface area contributed by atoms with Crippen molar-refractivity contribution in [2.75, 3.05) is 36.8 Å². The monoisotopic (exact) mass is 1100 g/mol. The number of nitrogens with zero attached hydrogens (tertiary/aromatic N) is 3. The van der Waals surface area contributed by atoms with Gasteiger partial charge in [0.05, 0.1) is 28.1 Å². The van der Waals surface area contributed by atoms with Gasteiger partial charge in [0.15, 0.2) is 5.71 Å². The molecule has 0 spiro atoms. The molecule has 0 aliphatic carbocycles. The van der Waals surface area contributed by atoms with Gasteiger partial charge < -0.3 is 35.9 Å². The fourth-order valence-electron chi connectivity index (χ4n) is 9.84. The fourth-order valence-corrected chi connectivity index (χ4v) is 11.2. The first-order valence-corrected chi connectivity index (χ1v) is 28.6. The molecular formula is C50H67N6O16S3+. The molecule has 0 fully saturated rings. The smallest absolute Gasteiger partial charge is 0.333 e. The number of fused-ring (bicyclic) bond motifs is 5. The molecule has 0 saturated heterocycles.